The SMILES string of the molecule is Cc1ccc(NC2=N[C@@](c3ccccc3)(C(F)(F)F)Oc3cc(C(C)C)ccc32)cc1. The van der Waals surface area contributed by atoms with E-state index < -0.39 is 11.9 Å². The fourth-order valence-electron chi connectivity index (χ4n) is 3.52. The predicted molar refractivity (Wildman–Crippen MR) is 117 cm³/mol. The van der Waals surface area contributed by atoms with E-state index in [4.69, 9.17) is 4.74 Å². The van der Waals surface area contributed by atoms with Crippen LogP contribution in [0.4, 0.5) is 18.9 Å². The zero-order valence-corrected chi connectivity index (χ0v) is 17.5. The van der Waals surface area contributed by atoms with E-state index in [0.717, 1.165) is 11.1 Å². The number of benzene rings is 3. The molecule has 0 amide bonds. The summed E-state index contributed by atoms with van der Waals surface area (Å²) >= 11 is 0. The van der Waals surface area contributed by atoms with Crippen LogP contribution in [0.15, 0.2) is 77.8 Å². The number of anilines is 1. The number of ether oxygens (including phenoxy) is 1. The molecule has 3 aromatic rings. The molecule has 1 N–H and O–H groups in total. The van der Waals surface area contributed by atoms with Gasteiger partial charge in [0.25, 0.3) is 0 Å². The van der Waals surface area contributed by atoms with Gasteiger partial charge in [0, 0.05) is 11.3 Å². The molecule has 1 aliphatic heterocycles. The van der Waals surface area contributed by atoms with E-state index in [1.807, 2.05) is 51.1 Å². The molecule has 3 aromatic carbocycles. The van der Waals surface area contributed by atoms with Gasteiger partial charge in [0.2, 0.25) is 0 Å². The summed E-state index contributed by atoms with van der Waals surface area (Å²) in [4.78, 5) is 4.15. The fourth-order valence-corrected chi connectivity index (χ4v) is 3.52. The minimum Gasteiger partial charge on any atom is -0.452 e. The first-order valence-corrected chi connectivity index (χ1v) is 10.1. The third kappa shape index (κ3) is 3.90. The molecule has 31 heavy (non-hydrogen) atoms. The Morgan fingerprint density at radius 2 is 1.61 bits per heavy atom. The average molecular weight is 424 g/mol. The summed E-state index contributed by atoms with van der Waals surface area (Å²) < 4.78 is 49.3. The average Bonchev–Trinajstić information content (AvgIpc) is 2.74. The van der Waals surface area contributed by atoms with E-state index in [0.29, 0.717) is 11.3 Å². The van der Waals surface area contributed by atoms with E-state index in [9.17, 15) is 13.2 Å². The van der Waals surface area contributed by atoms with Crippen LogP contribution in [-0.2, 0) is 5.72 Å². The standard InChI is InChI=1S/C25H23F3N2O/c1-16(2)18-11-14-21-22(15-18)31-24(25(26,27)28,19-7-5-4-6-8-19)30-23(21)29-20-12-9-17(3)10-13-20/h4-16H,1-3H3,(H,29,30)/t24-/m1/s1. The number of rotatable bonds is 3. The van der Waals surface area contributed by atoms with Gasteiger partial charge in [-0.15, -0.1) is 0 Å². The van der Waals surface area contributed by atoms with Crippen LogP contribution in [0, 0.1) is 6.92 Å². The number of aryl methyl sites for hydroxylation is 1. The van der Waals surface area contributed by atoms with E-state index in [1.54, 1.807) is 30.3 Å². The van der Waals surface area contributed by atoms with Crippen molar-refractivity contribution in [3.05, 3.63) is 95.1 Å². The molecule has 160 valence electrons. The Kier molecular flexibility index (Phi) is 5.25. The Bertz CT molecular complexity index is 1110. The summed E-state index contributed by atoms with van der Waals surface area (Å²) in [6, 6.07) is 20.3. The molecule has 3 nitrogen and oxygen atoms in total. The lowest BCUT2D eigenvalue weighted by Crippen LogP contribution is -2.49. The maximum absolute atomic E-state index is 14.5. The molecule has 0 aromatic heterocycles. The molecule has 1 aliphatic rings. The van der Waals surface area contributed by atoms with Gasteiger partial charge in [-0.25, -0.2) is 4.99 Å². The third-order valence-corrected chi connectivity index (χ3v) is 5.32. The Hall–Kier alpha value is -3.28. The molecule has 0 saturated carbocycles. The van der Waals surface area contributed by atoms with Crippen molar-refractivity contribution in [2.24, 2.45) is 4.99 Å². The van der Waals surface area contributed by atoms with Crippen LogP contribution in [0.1, 0.15) is 42.0 Å². The van der Waals surface area contributed by atoms with Crippen LogP contribution in [0.2, 0.25) is 0 Å². The van der Waals surface area contributed by atoms with Gasteiger partial charge < -0.3 is 10.1 Å². The number of hydrogen-bond donors (Lipinski definition) is 1. The lowest BCUT2D eigenvalue weighted by Gasteiger charge is -2.37. The van der Waals surface area contributed by atoms with Crippen molar-refractivity contribution in [1.29, 1.82) is 0 Å². The van der Waals surface area contributed by atoms with Gasteiger partial charge in [0.1, 0.15) is 11.6 Å². The van der Waals surface area contributed by atoms with Crippen LogP contribution in [-0.4, -0.2) is 12.0 Å². The minimum absolute atomic E-state index is 0.0775. The highest BCUT2D eigenvalue weighted by Crippen LogP contribution is 2.48. The summed E-state index contributed by atoms with van der Waals surface area (Å²) in [5.41, 5.74) is 0.153. The maximum Gasteiger partial charge on any atom is 0.455 e. The second-order valence-corrected chi connectivity index (χ2v) is 7.97. The van der Waals surface area contributed by atoms with Gasteiger partial charge in [-0.2, -0.15) is 13.2 Å². The number of fused-ring (bicyclic) bond motifs is 1. The lowest BCUT2D eigenvalue weighted by molar-refractivity contribution is -0.252. The third-order valence-electron chi connectivity index (χ3n) is 5.32. The number of nitrogens with zero attached hydrogens (tertiary/aromatic N) is 1. The number of amidine groups is 1. The lowest BCUT2D eigenvalue weighted by atomic mass is 9.96. The van der Waals surface area contributed by atoms with Crippen LogP contribution in [0.25, 0.3) is 0 Å². The first-order valence-electron chi connectivity index (χ1n) is 10.1. The van der Waals surface area contributed by atoms with Crippen LogP contribution in [0.3, 0.4) is 0 Å². The molecule has 1 atom stereocenters. The van der Waals surface area contributed by atoms with Gasteiger partial charge >= 0.3 is 11.9 Å². The molecule has 0 radical (unpaired) electrons. The first kappa shape index (κ1) is 21.0. The second kappa shape index (κ2) is 7.76. The summed E-state index contributed by atoms with van der Waals surface area (Å²) in [7, 11) is 0. The quantitative estimate of drug-likeness (QED) is 0.502. The zero-order chi connectivity index (χ0) is 22.2. The van der Waals surface area contributed by atoms with Gasteiger partial charge in [-0.05, 0) is 42.7 Å². The van der Waals surface area contributed by atoms with Crippen LogP contribution < -0.4 is 10.1 Å². The molecule has 4 rings (SSSR count). The smallest absolute Gasteiger partial charge is 0.452 e. The summed E-state index contributed by atoms with van der Waals surface area (Å²) in [6.45, 7) is 5.92. The molecule has 0 bridgehead atoms. The summed E-state index contributed by atoms with van der Waals surface area (Å²) in [5, 5.41) is 3.08. The molecular weight excluding hydrogens is 401 g/mol. The van der Waals surface area contributed by atoms with Gasteiger partial charge in [0.05, 0.1) is 5.56 Å². The van der Waals surface area contributed by atoms with Gasteiger partial charge in [-0.1, -0.05) is 67.9 Å². The topological polar surface area (TPSA) is 33.6 Å². The molecule has 0 aliphatic carbocycles. The van der Waals surface area contributed by atoms with Crippen molar-refractivity contribution in [3.63, 3.8) is 0 Å². The van der Waals surface area contributed by atoms with Crippen molar-refractivity contribution in [1.82, 2.24) is 0 Å². The summed E-state index contributed by atoms with van der Waals surface area (Å²) in [6.07, 6.45) is -4.78. The first-order chi connectivity index (χ1) is 14.7. The van der Waals surface area contributed by atoms with E-state index in [1.165, 1.54) is 12.1 Å². The Labute approximate surface area is 179 Å². The zero-order valence-electron chi connectivity index (χ0n) is 17.5. The Balaban J connectivity index is 1.92. The minimum atomic E-state index is -4.78. The van der Waals surface area contributed by atoms with Crippen LogP contribution in [0.5, 0.6) is 5.75 Å². The highest BCUT2D eigenvalue weighted by atomic mass is 19.4. The largest absolute Gasteiger partial charge is 0.455 e. The van der Waals surface area contributed by atoms with Crippen molar-refractivity contribution in [3.8, 4) is 5.75 Å². The molecule has 1 heterocycles. The van der Waals surface area contributed by atoms with E-state index in [-0.39, 0.29) is 23.1 Å². The van der Waals surface area contributed by atoms with Crippen molar-refractivity contribution in [2.75, 3.05) is 5.32 Å². The van der Waals surface area contributed by atoms with Crippen LogP contribution >= 0.6 is 0 Å². The number of aliphatic imine (C=N–C) groups is 1. The number of nitrogens with one attached hydrogen (secondary N) is 1. The van der Waals surface area contributed by atoms with Crippen molar-refractivity contribution < 1.29 is 17.9 Å². The van der Waals surface area contributed by atoms with Gasteiger partial charge in [0.15, 0.2) is 0 Å². The predicted octanol–water partition coefficient (Wildman–Crippen LogP) is 6.78. The highest BCUT2D eigenvalue weighted by molar-refractivity contribution is 6.10. The summed E-state index contributed by atoms with van der Waals surface area (Å²) in [5.74, 6) is 0.400. The van der Waals surface area contributed by atoms with E-state index in [2.05, 4.69) is 10.3 Å². The Morgan fingerprint density at radius 1 is 0.935 bits per heavy atom. The molecule has 0 saturated heterocycles. The normalized spacial score (nSPS) is 18.2. The Morgan fingerprint density at radius 3 is 2.23 bits per heavy atom. The molecule has 0 spiro atoms. The fraction of sp³-hybridized carbons (Fsp3) is 0.240. The van der Waals surface area contributed by atoms with Crippen molar-refractivity contribution >= 4 is 11.5 Å². The number of alkyl halides is 3. The number of hydrogen-bond acceptors (Lipinski definition) is 3. The monoisotopic (exact) mass is 424 g/mol. The van der Waals surface area contributed by atoms with E-state index >= 15 is 0 Å². The molecule has 6 heteroatoms. The highest BCUT2D eigenvalue weighted by Gasteiger charge is 2.61. The number of halogens is 3. The maximum atomic E-state index is 14.5. The molecule has 0 fully saturated rings. The second-order valence-electron chi connectivity index (χ2n) is 7.97. The van der Waals surface area contributed by atoms with Gasteiger partial charge in [-0.3, -0.25) is 0 Å². The molecular formula is C25H23F3N2O. The molecule has 0 unspecified atom stereocenters. The van der Waals surface area contributed by atoms with Crippen molar-refractivity contribution in [2.45, 2.75) is 38.6 Å².